The quantitative estimate of drug-likeness (QED) is 0.694. The van der Waals surface area contributed by atoms with Crippen LogP contribution in [0.2, 0.25) is 0 Å². The van der Waals surface area contributed by atoms with Crippen molar-refractivity contribution < 1.29 is 4.79 Å². The predicted octanol–water partition coefficient (Wildman–Crippen LogP) is 2.14. The molecule has 2 nitrogen and oxygen atoms in total. The Balaban J connectivity index is 1.95. The van der Waals surface area contributed by atoms with E-state index in [9.17, 15) is 4.79 Å². The summed E-state index contributed by atoms with van der Waals surface area (Å²) >= 11 is 0. The molecule has 2 fully saturated rings. The Bertz CT molecular complexity index is 196. The standard InChI is InChI=1S/C12H21NO/c14-12-9-13-8-4-7-11(12)10-5-2-1-3-6-10/h10-11,13H,1-9H2. The summed E-state index contributed by atoms with van der Waals surface area (Å²) in [6, 6.07) is 0. The molecule has 2 aliphatic rings. The van der Waals surface area contributed by atoms with E-state index in [2.05, 4.69) is 5.32 Å². The van der Waals surface area contributed by atoms with Gasteiger partial charge < -0.3 is 5.32 Å². The molecule has 1 N–H and O–H groups in total. The van der Waals surface area contributed by atoms with Gasteiger partial charge in [-0.25, -0.2) is 0 Å². The van der Waals surface area contributed by atoms with Crippen molar-refractivity contribution in [1.29, 1.82) is 0 Å². The minimum atomic E-state index is 0.394. The fourth-order valence-electron chi connectivity index (χ4n) is 2.99. The van der Waals surface area contributed by atoms with Crippen molar-refractivity contribution in [3.8, 4) is 0 Å². The van der Waals surface area contributed by atoms with E-state index in [-0.39, 0.29) is 0 Å². The maximum absolute atomic E-state index is 11.9. The molecular formula is C12H21NO. The number of ketones is 1. The number of Topliss-reactive ketones (excluding diaryl/α,β-unsaturated/α-hetero) is 1. The Labute approximate surface area is 86.5 Å². The van der Waals surface area contributed by atoms with E-state index in [0.29, 0.717) is 18.2 Å². The highest BCUT2D eigenvalue weighted by atomic mass is 16.1. The highest BCUT2D eigenvalue weighted by molar-refractivity contribution is 5.83. The molecule has 0 spiro atoms. The van der Waals surface area contributed by atoms with E-state index in [1.807, 2.05) is 0 Å². The predicted molar refractivity (Wildman–Crippen MR) is 57.2 cm³/mol. The van der Waals surface area contributed by atoms with E-state index in [1.165, 1.54) is 38.5 Å². The molecule has 1 aliphatic carbocycles. The second-order valence-electron chi connectivity index (χ2n) is 4.79. The first-order valence-corrected chi connectivity index (χ1v) is 6.11. The molecule has 1 unspecified atom stereocenters. The van der Waals surface area contributed by atoms with E-state index < -0.39 is 0 Å². The molecule has 2 rings (SSSR count). The number of hydrogen-bond donors (Lipinski definition) is 1. The Morgan fingerprint density at radius 2 is 1.79 bits per heavy atom. The summed E-state index contributed by atoms with van der Waals surface area (Å²) in [7, 11) is 0. The third kappa shape index (κ3) is 2.35. The Hall–Kier alpha value is -0.370. The molecule has 1 aliphatic heterocycles. The van der Waals surface area contributed by atoms with Gasteiger partial charge in [-0.05, 0) is 38.1 Å². The largest absolute Gasteiger partial charge is 0.310 e. The maximum atomic E-state index is 11.9. The molecule has 2 heteroatoms. The van der Waals surface area contributed by atoms with Gasteiger partial charge in [0.05, 0.1) is 6.54 Å². The normalized spacial score (nSPS) is 31.4. The van der Waals surface area contributed by atoms with Crippen molar-refractivity contribution in [2.24, 2.45) is 11.8 Å². The first kappa shape index (κ1) is 10.2. The van der Waals surface area contributed by atoms with Crippen molar-refractivity contribution in [2.75, 3.05) is 13.1 Å². The van der Waals surface area contributed by atoms with Crippen LogP contribution in [-0.4, -0.2) is 18.9 Å². The molecule has 0 aromatic heterocycles. The van der Waals surface area contributed by atoms with E-state index >= 15 is 0 Å². The minimum absolute atomic E-state index is 0.394. The van der Waals surface area contributed by atoms with Gasteiger partial charge in [0.25, 0.3) is 0 Å². The van der Waals surface area contributed by atoms with Gasteiger partial charge in [-0.3, -0.25) is 4.79 Å². The minimum Gasteiger partial charge on any atom is -0.310 e. The van der Waals surface area contributed by atoms with Crippen LogP contribution in [-0.2, 0) is 4.79 Å². The lowest BCUT2D eigenvalue weighted by molar-refractivity contribution is -0.123. The van der Waals surface area contributed by atoms with Gasteiger partial charge in [-0.2, -0.15) is 0 Å². The Kier molecular flexibility index (Phi) is 3.57. The molecule has 1 saturated heterocycles. The summed E-state index contributed by atoms with van der Waals surface area (Å²) in [5, 5.41) is 3.22. The molecule has 1 saturated carbocycles. The Morgan fingerprint density at radius 1 is 1.00 bits per heavy atom. The van der Waals surface area contributed by atoms with E-state index in [0.717, 1.165) is 18.9 Å². The molecular weight excluding hydrogens is 174 g/mol. The zero-order valence-corrected chi connectivity index (χ0v) is 8.93. The second kappa shape index (κ2) is 4.92. The fraction of sp³-hybridized carbons (Fsp3) is 0.917. The van der Waals surface area contributed by atoms with Gasteiger partial charge in [0.2, 0.25) is 0 Å². The fourth-order valence-corrected chi connectivity index (χ4v) is 2.99. The van der Waals surface area contributed by atoms with Crippen LogP contribution in [0.4, 0.5) is 0 Å². The Morgan fingerprint density at radius 3 is 2.57 bits per heavy atom. The van der Waals surface area contributed by atoms with Gasteiger partial charge >= 0.3 is 0 Å². The maximum Gasteiger partial charge on any atom is 0.149 e. The van der Waals surface area contributed by atoms with Crippen LogP contribution < -0.4 is 5.32 Å². The smallest absolute Gasteiger partial charge is 0.149 e. The SMILES string of the molecule is O=C1CNCCCC1C1CCCCC1. The number of carbonyl (C=O) groups excluding carboxylic acids is 1. The van der Waals surface area contributed by atoms with Crippen LogP contribution >= 0.6 is 0 Å². The van der Waals surface area contributed by atoms with Gasteiger partial charge in [-0.15, -0.1) is 0 Å². The average molecular weight is 195 g/mol. The lowest BCUT2D eigenvalue weighted by Crippen LogP contribution is -2.30. The number of rotatable bonds is 1. The molecule has 14 heavy (non-hydrogen) atoms. The molecule has 0 amide bonds. The van der Waals surface area contributed by atoms with Gasteiger partial charge in [0.15, 0.2) is 0 Å². The number of hydrogen-bond acceptors (Lipinski definition) is 2. The zero-order chi connectivity index (χ0) is 9.80. The van der Waals surface area contributed by atoms with Crippen LogP contribution in [0.15, 0.2) is 0 Å². The topological polar surface area (TPSA) is 29.1 Å². The molecule has 1 atom stereocenters. The third-order valence-electron chi connectivity index (χ3n) is 3.80. The summed E-state index contributed by atoms with van der Waals surface area (Å²) in [5.41, 5.74) is 0. The zero-order valence-electron chi connectivity index (χ0n) is 8.93. The molecule has 0 radical (unpaired) electrons. The van der Waals surface area contributed by atoms with E-state index in [4.69, 9.17) is 0 Å². The van der Waals surface area contributed by atoms with Crippen molar-refractivity contribution in [3.63, 3.8) is 0 Å². The number of carbonyl (C=O) groups is 1. The third-order valence-corrected chi connectivity index (χ3v) is 3.80. The summed E-state index contributed by atoms with van der Waals surface area (Å²) in [5.74, 6) is 1.59. The van der Waals surface area contributed by atoms with Crippen molar-refractivity contribution in [3.05, 3.63) is 0 Å². The summed E-state index contributed by atoms with van der Waals surface area (Å²) in [6.45, 7) is 1.66. The first-order chi connectivity index (χ1) is 6.88. The lowest BCUT2D eigenvalue weighted by atomic mass is 9.76. The van der Waals surface area contributed by atoms with Crippen molar-refractivity contribution in [1.82, 2.24) is 5.32 Å². The highest BCUT2D eigenvalue weighted by Gasteiger charge is 2.29. The molecule has 1 heterocycles. The summed E-state index contributed by atoms with van der Waals surface area (Å²) < 4.78 is 0. The monoisotopic (exact) mass is 195 g/mol. The van der Waals surface area contributed by atoms with Crippen molar-refractivity contribution >= 4 is 5.78 Å². The van der Waals surface area contributed by atoms with Crippen LogP contribution in [0.1, 0.15) is 44.9 Å². The van der Waals surface area contributed by atoms with Crippen LogP contribution in [0, 0.1) is 11.8 Å². The molecule has 80 valence electrons. The summed E-state index contributed by atoms with van der Waals surface area (Å²) in [4.78, 5) is 11.9. The number of nitrogens with one attached hydrogen (secondary N) is 1. The molecule has 0 aromatic carbocycles. The van der Waals surface area contributed by atoms with Gasteiger partial charge in [-0.1, -0.05) is 19.3 Å². The van der Waals surface area contributed by atoms with Crippen LogP contribution in [0.3, 0.4) is 0 Å². The average Bonchev–Trinajstić information content (AvgIpc) is 2.44. The second-order valence-corrected chi connectivity index (χ2v) is 4.79. The van der Waals surface area contributed by atoms with E-state index in [1.54, 1.807) is 0 Å². The molecule has 0 aromatic rings. The highest BCUT2D eigenvalue weighted by Crippen LogP contribution is 2.33. The van der Waals surface area contributed by atoms with Crippen LogP contribution in [0.25, 0.3) is 0 Å². The summed E-state index contributed by atoms with van der Waals surface area (Å²) in [6.07, 6.45) is 9.01. The van der Waals surface area contributed by atoms with Gasteiger partial charge in [0, 0.05) is 5.92 Å². The van der Waals surface area contributed by atoms with Crippen LogP contribution in [0.5, 0.6) is 0 Å². The van der Waals surface area contributed by atoms with Crippen molar-refractivity contribution in [2.45, 2.75) is 44.9 Å². The lowest BCUT2D eigenvalue weighted by Gasteiger charge is -2.28. The first-order valence-electron chi connectivity index (χ1n) is 6.11. The molecule has 0 bridgehead atoms. The van der Waals surface area contributed by atoms with Gasteiger partial charge in [0.1, 0.15) is 5.78 Å².